The number of anilines is 1. The fourth-order valence-electron chi connectivity index (χ4n) is 2.15. The number of aryl methyl sites for hydroxylation is 1. The summed E-state index contributed by atoms with van der Waals surface area (Å²) in [6.45, 7) is 2.96. The molecule has 2 N–H and O–H groups in total. The average Bonchev–Trinajstić information content (AvgIpc) is 2.22. The van der Waals surface area contributed by atoms with Crippen LogP contribution in [0.5, 0.6) is 0 Å². The molecule has 1 aliphatic heterocycles. The summed E-state index contributed by atoms with van der Waals surface area (Å²) in [5.74, 6) is 1.16. The Hall–Kier alpha value is -0.670. The van der Waals surface area contributed by atoms with Crippen molar-refractivity contribution in [3.63, 3.8) is 0 Å². The summed E-state index contributed by atoms with van der Waals surface area (Å²) < 4.78 is 0. The Balaban J connectivity index is 2.32. The number of nitrogens with zero attached hydrogens (tertiary/aromatic N) is 1. The number of para-hydroxylation sites is 1. The topological polar surface area (TPSA) is 29.3 Å². The highest BCUT2D eigenvalue weighted by Crippen LogP contribution is 2.39. The van der Waals surface area contributed by atoms with E-state index in [0.29, 0.717) is 6.04 Å². The van der Waals surface area contributed by atoms with E-state index in [9.17, 15) is 0 Å². The molecule has 0 bridgehead atoms. The summed E-state index contributed by atoms with van der Waals surface area (Å²) in [6, 6.07) is 7.12. The molecule has 1 unspecified atom stereocenters. The number of benzene rings is 1. The number of hydrogen-bond donors (Lipinski definition) is 1. The number of rotatable bonds is 2. The quantitative estimate of drug-likeness (QED) is 0.832. The summed E-state index contributed by atoms with van der Waals surface area (Å²) >= 11 is 1.96. The van der Waals surface area contributed by atoms with Crippen molar-refractivity contribution < 1.29 is 0 Å². The summed E-state index contributed by atoms with van der Waals surface area (Å²) in [5.41, 5.74) is 8.40. The maximum atomic E-state index is 5.64. The number of fused-ring (bicyclic) bond motifs is 1. The molecule has 0 amide bonds. The van der Waals surface area contributed by atoms with Crippen LogP contribution in [0.4, 0.5) is 5.69 Å². The Labute approximate surface area is 95.8 Å². The smallest absolute Gasteiger partial charge is 0.0534 e. The molecule has 3 heteroatoms. The molecule has 0 radical (unpaired) electrons. The fraction of sp³-hybridized carbons (Fsp3) is 0.500. The monoisotopic (exact) mass is 222 g/mol. The van der Waals surface area contributed by atoms with Gasteiger partial charge >= 0.3 is 0 Å². The van der Waals surface area contributed by atoms with Crippen LogP contribution in [0.3, 0.4) is 0 Å². The Morgan fingerprint density at radius 1 is 1.53 bits per heavy atom. The van der Waals surface area contributed by atoms with Gasteiger partial charge in [-0.15, -0.1) is 11.8 Å². The lowest BCUT2D eigenvalue weighted by molar-refractivity contribution is 0.632. The van der Waals surface area contributed by atoms with E-state index in [2.05, 4.69) is 37.1 Å². The van der Waals surface area contributed by atoms with Gasteiger partial charge in [0.25, 0.3) is 0 Å². The highest BCUT2D eigenvalue weighted by atomic mass is 32.2. The lowest BCUT2D eigenvalue weighted by Gasteiger charge is -2.36. The van der Waals surface area contributed by atoms with E-state index in [4.69, 9.17) is 5.73 Å². The normalized spacial score (nSPS) is 20.2. The van der Waals surface area contributed by atoms with Gasteiger partial charge in [0.1, 0.15) is 0 Å². The first-order valence-corrected chi connectivity index (χ1v) is 6.38. The van der Waals surface area contributed by atoms with E-state index in [0.717, 1.165) is 18.7 Å². The van der Waals surface area contributed by atoms with E-state index in [1.165, 1.54) is 16.1 Å². The van der Waals surface area contributed by atoms with E-state index in [1.807, 2.05) is 11.8 Å². The number of hydrogen-bond acceptors (Lipinski definition) is 3. The molecule has 0 spiro atoms. The van der Waals surface area contributed by atoms with Gasteiger partial charge in [-0.1, -0.05) is 12.1 Å². The summed E-state index contributed by atoms with van der Waals surface area (Å²) in [7, 11) is 2.19. The molecular weight excluding hydrogens is 204 g/mol. The number of nitrogens with two attached hydrogens (primary N) is 1. The Morgan fingerprint density at radius 2 is 2.33 bits per heavy atom. The summed E-state index contributed by atoms with van der Waals surface area (Å²) in [4.78, 5) is 3.80. The fourth-order valence-corrected chi connectivity index (χ4v) is 3.53. The SMILES string of the molecule is Cc1cccc2c1N(C)C(CCN)CS2. The van der Waals surface area contributed by atoms with Gasteiger partial charge in [0.15, 0.2) is 0 Å². The average molecular weight is 222 g/mol. The standard InChI is InChI=1S/C12H18N2S/c1-9-4-3-5-11-12(9)14(2)10(6-7-13)8-15-11/h3-5,10H,6-8,13H2,1-2H3. The lowest BCUT2D eigenvalue weighted by atomic mass is 10.1. The molecule has 2 rings (SSSR count). The van der Waals surface area contributed by atoms with Gasteiger partial charge in [0.2, 0.25) is 0 Å². The predicted molar refractivity (Wildman–Crippen MR) is 67.8 cm³/mol. The highest BCUT2D eigenvalue weighted by Gasteiger charge is 2.24. The molecule has 1 aromatic carbocycles. The van der Waals surface area contributed by atoms with Crippen molar-refractivity contribution in [1.82, 2.24) is 0 Å². The zero-order valence-corrected chi connectivity index (χ0v) is 10.2. The largest absolute Gasteiger partial charge is 0.370 e. The Morgan fingerprint density at radius 3 is 3.07 bits per heavy atom. The van der Waals surface area contributed by atoms with Crippen LogP contribution in [0.1, 0.15) is 12.0 Å². The first-order chi connectivity index (χ1) is 7.24. The van der Waals surface area contributed by atoms with E-state index in [-0.39, 0.29) is 0 Å². The second-order valence-electron chi connectivity index (χ2n) is 4.07. The van der Waals surface area contributed by atoms with Crippen molar-refractivity contribution in [1.29, 1.82) is 0 Å². The minimum Gasteiger partial charge on any atom is -0.370 e. The van der Waals surface area contributed by atoms with Gasteiger partial charge in [-0.05, 0) is 31.5 Å². The molecule has 1 aliphatic rings. The molecule has 1 heterocycles. The van der Waals surface area contributed by atoms with Crippen molar-refractivity contribution in [3.05, 3.63) is 23.8 Å². The third-order valence-corrected chi connectivity index (χ3v) is 4.22. The molecule has 82 valence electrons. The predicted octanol–water partition coefficient (Wildman–Crippen LogP) is 2.25. The van der Waals surface area contributed by atoms with Crippen molar-refractivity contribution >= 4 is 17.4 Å². The maximum Gasteiger partial charge on any atom is 0.0534 e. The molecule has 1 atom stereocenters. The van der Waals surface area contributed by atoms with Crippen molar-refractivity contribution in [3.8, 4) is 0 Å². The van der Waals surface area contributed by atoms with Crippen LogP contribution in [0.2, 0.25) is 0 Å². The van der Waals surface area contributed by atoms with Gasteiger partial charge in [-0.25, -0.2) is 0 Å². The first-order valence-electron chi connectivity index (χ1n) is 5.39. The van der Waals surface area contributed by atoms with Crippen molar-refractivity contribution in [2.45, 2.75) is 24.3 Å². The van der Waals surface area contributed by atoms with Crippen molar-refractivity contribution in [2.75, 3.05) is 24.2 Å². The lowest BCUT2D eigenvalue weighted by Crippen LogP contribution is -2.38. The third kappa shape index (κ3) is 1.99. The molecule has 15 heavy (non-hydrogen) atoms. The molecule has 0 saturated carbocycles. The van der Waals surface area contributed by atoms with E-state index in [1.54, 1.807) is 0 Å². The molecule has 0 saturated heterocycles. The van der Waals surface area contributed by atoms with Gasteiger partial charge in [0, 0.05) is 23.7 Å². The van der Waals surface area contributed by atoms with Crippen LogP contribution in [-0.4, -0.2) is 25.4 Å². The summed E-state index contributed by atoms with van der Waals surface area (Å²) in [6.07, 6.45) is 1.08. The molecule has 0 aliphatic carbocycles. The molecular formula is C12H18N2S. The van der Waals surface area contributed by atoms with Gasteiger partial charge in [0.05, 0.1) is 5.69 Å². The maximum absolute atomic E-state index is 5.64. The van der Waals surface area contributed by atoms with Gasteiger partial charge in [-0.3, -0.25) is 0 Å². The molecule has 1 aromatic rings. The van der Waals surface area contributed by atoms with Gasteiger partial charge < -0.3 is 10.6 Å². The Kier molecular flexibility index (Phi) is 3.22. The van der Waals surface area contributed by atoms with E-state index < -0.39 is 0 Å². The number of thioether (sulfide) groups is 1. The van der Waals surface area contributed by atoms with Crippen molar-refractivity contribution in [2.24, 2.45) is 5.73 Å². The first kappa shape index (κ1) is 10.8. The van der Waals surface area contributed by atoms with Crippen LogP contribution in [-0.2, 0) is 0 Å². The second-order valence-corrected chi connectivity index (χ2v) is 5.14. The van der Waals surface area contributed by atoms with Crippen LogP contribution >= 0.6 is 11.8 Å². The minimum atomic E-state index is 0.591. The van der Waals surface area contributed by atoms with Crippen LogP contribution in [0.15, 0.2) is 23.1 Å². The summed E-state index contributed by atoms with van der Waals surface area (Å²) in [5, 5.41) is 0. The highest BCUT2D eigenvalue weighted by molar-refractivity contribution is 7.99. The molecule has 0 aromatic heterocycles. The minimum absolute atomic E-state index is 0.591. The zero-order valence-electron chi connectivity index (χ0n) is 9.36. The third-order valence-electron chi connectivity index (χ3n) is 3.03. The zero-order chi connectivity index (χ0) is 10.8. The second kappa shape index (κ2) is 4.45. The van der Waals surface area contributed by atoms with Gasteiger partial charge in [-0.2, -0.15) is 0 Å². The molecule has 0 fully saturated rings. The van der Waals surface area contributed by atoms with E-state index >= 15 is 0 Å². The van der Waals surface area contributed by atoms with Crippen LogP contribution in [0, 0.1) is 6.92 Å². The molecule has 2 nitrogen and oxygen atoms in total. The van der Waals surface area contributed by atoms with Crippen LogP contribution in [0.25, 0.3) is 0 Å². The Bertz CT molecular complexity index is 351. The van der Waals surface area contributed by atoms with Crippen LogP contribution < -0.4 is 10.6 Å².